The standard InChI is InChI=1S/C12H18N4O2S/c1-7-10(19-12(13)15-7)11(18)14-6-2-3-9(17)16-8-4-5-8/h8H,2-6H2,1H3,(H2,13,15)(H,14,18)(H,16,17). The largest absolute Gasteiger partial charge is 0.375 e. The molecular weight excluding hydrogens is 264 g/mol. The molecule has 7 heteroatoms. The van der Waals surface area contributed by atoms with Gasteiger partial charge in [-0.3, -0.25) is 9.59 Å². The quantitative estimate of drug-likeness (QED) is 0.673. The van der Waals surface area contributed by atoms with Gasteiger partial charge >= 0.3 is 0 Å². The van der Waals surface area contributed by atoms with E-state index >= 15 is 0 Å². The average Bonchev–Trinajstić information content (AvgIpc) is 3.08. The molecule has 19 heavy (non-hydrogen) atoms. The summed E-state index contributed by atoms with van der Waals surface area (Å²) in [5.74, 6) is -0.107. The van der Waals surface area contributed by atoms with Crippen molar-refractivity contribution in [3.63, 3.8) is 0 Å². The van der Waals surface area contributed by atoms with E-state index in [0.717, 1.165) is 12.8 Å². The molecule has 0 unspecified atom stereocenters. The molecule has 0 aromatic carbocycles. The first-order valence-corrected chi connectivity index (χ1v) is 7.18. The molecule has 0 saturated heterocycles. The molecule has 2 amide bonds. The zero-order valence-corrected chi connectivity index (χ0v) is 11.7. The molecule has 1 saturated carbocycles. The molecule has 0 radical (unpaired) electrons. The fourth-order valence-corrected chi connectivity index (χ4v) is 2.44. The zero-order chi connectivity index (χ0) is 13.8. The molecule has 4 N–H and O–H groups in total. The van der Waals surface area contributed by atoms with E-state index in [1.807, 2.05) is 0 Å². The van der Waals surface area contributed by atoms with Crippen molar-refractivity contribution in [2.24, 2.45) is 0 Å². The van der Waals surface area contributed by atoms with Crippen LogP contribution >= 0.6 is 11.3 Å². The maximum absolute atomic E-state index is 11.8. The summed E-state index contributed by atoms with van der Waals surface area (Å²) in [6, 6.07) is 0.393. The van der Waals surface area contributed by atoms with E-state index in [9.17, 15) is 9.59 Å². The van der Waals surface area contributed by atoms with Gasteiger partial charge < -0.3 is 16.4 Å². The van der Waals surface area contributed by atoms with E-state index in [-0.39, 0.29) is 11.8 Å². The van der Waals surface area contributed by atoms with Gasteiger partial charge in [-0.15, -0.1) is 0 Å². The summed E-state index contributed by atoms with van der Waals surface area (Å²) < 4.78 is 0. The molecule has 104 valence electrons. The van der Waals surface area contributed by atoms with Crippen LogP contribution in [-0.4, -0.2) is 29.4 Å². The number of nitrogens with one attached hydrogen (secondary N) is 2. The van der Waals surface area contributed by atoms with Crippen LogP contribution in [0.1, 0.15) is 41.0 Å². The molecule has 1 fully saturated rings. The van der Waals surface area contributed by atoms with Gasteiger partial charge in [0.1, 0.15) is 4.88 Å². The van der Waals surface area contributed by atoms with Gasteiger partial charge in [-0.25, -0.2) is 4.98 Å². The Kier molecular flexibility index (Phi) is 4.36. The molecule has 0 atom stereocenters. The van der Waals surface area contributed by atoms with Crippen LogP contribution in [0.15, 0.2) is 0 Å². The Balaban J connectivity index is 1.66. The van der Waals surface area contributed by atoms with Crippen LogP contribution in [-0.2, 0) is 4.79 Å². The van der Waals surface area contributed by atoms with Gasteiger partial charge in [-0.2, -0.15) is 0 Å². The first-order chi connectivity index (χ1) is 9.06. The van der Waals surface area contributed by atoms with Gasteiger partial charge in [0.25, 0.3) is 5.91 Å². The molecule has 1 heterocycles. The maximum Gasteiger partial charge on any atom is 0.263 e. The van der Waals surface area contributed by atoms with E-state index in [2.05, 4.69) is 15.6 Å². The summed E-state index contributed by atoms with van der Waals surface area (Å²) in [5, 5.41) is 6.08. The summed E-state index contributed by atoms with van der Waals surface area (Å²) in [7, 11) is 0. The topological polar surface area (TPSA) is 97.1 Å². The number of anilines is 1. The number of aryl methyl sites for hydroxylation is 1. The first kappa shape index (κ1) is 13.8. The van der Waals surface area contributed by atoms with Gasteiger partial charge in [0.15, 0.2) is 5.13 Å². The Labute approximate surface area is 115 Å². The predicted molar refractivity (Wildman–Crippen MR) is 74.0 cm³/mol. The van der Waals surface area contributed by atoms with Crippen molar-refractivity contribution in [1.29, 1.82) is 0 Å². The second-order valence-electron chi connectivity index (χ2n) is 4.67. The number of nitrogen functional groups attached to an aromatic ring is 1. The maximum atomic E-state index is 11.8. The molecular formula is C12H18N4O2S. The highest BCUT2D eigenvalue weighted by molar-refractivity contribution is 7.17. The monoisotopic (exact) mass is 282 g/mol. The minimum Gasteiger partial charge on any atom is -0.375 e. The van der Waals surface area contributed by atoms with Crippen LogP contribution in [0.2, 0.25) is 0 Å². The number of hydrogen-bond donors (Lipinski definition) is 3. The van der Waals surface area contributed by atoms with Gasteiger partial charge in [-0.1, -0.05) is 11.3 Å². The highest BCUT2D eigenvalue weighted by Crippen LogP contribution is 2.19. The Morgan fingerprint density at radius 2 is 2.21 bits per heavy atom. The average molecular weight is 282 g/mol. The van der Waals surface area contributed by atoms with Crippen molar-refractivity contribution in [2.45, 2.75) is 38.6 Å². The lowest BCUT2D eigenvalue weighted by Gasteiger charge is -2.05. The molecule has 1 aromatic rings. The minimum absolute atomic E-state index is 0.0648. The molecule has 6 nitrogen and oxygen atoms in total. The van der Waals surface area contributed by atoms with Gasteiger partial charge in [0, 0.05) is 19.0 Å². The third-order valence-electron chi connectivity index (χ3n) is 2.83. The van der Waals surface area contributed by atoms with E-state index in [0.29, 0.717) is 41.1 Å². The normalized spacial score (nSPS) is 14.2. The van der Waals surface area contributed by atoms with Gasteiger partial charge in [0.05, 0.1) is 5.69 Å². The second-order valence-corrected chi connectivity index (χ2v) is 5.70. The number of carbonyl (C=O) groups is 2. The lowest BCUT2D eigenvalue weighted by molar-refractivity contribution is -0.121. The van der Waals surface area contributed by atoms with Crippen LogP contribution in [0, 0.1) is 6.92 Å². The Hall–Kier alpha value is -1.63. The number of nitrogens with two attached hydrogens (primary N) is 1. The van der Waals surface area contributed by atoms with Crippen LogP contribution in [0.3, 0.4) is 0 Å². The molecule has 0 bridgehead atoms. The van der Waals surface area contributed by atoms with Crippen LogP contribution in [0.4, 0.5) is 5.13 Å². The van der Waals surface area contributed by atoms with Crippen LogP contribution < -0.4 is 16.4 Å². The number of nitrogens with zero attached hydrogens (tertiary/aromatic N) is 1. The van der Waals surface area contributed by atoms with Crippen molar-refractivity contribution in [3.05, 3.63) is 10.6 Å². The summed E-state index contributed by atoms with van der Waals surface area (Å²) in [4.78, 5) is 27.8. The molecule has 1 aliphatic carbocycles. The number of amides is 2. The van der Waals surface area contributed by atoms with Crippen LogP contribution in [0.5, 0.6) is 0 Å². The van der Waals surface area contributed by atoms with E-state index in [4.69, 9.17) is 5.73 Å². The number of hydrogen-bond acceptors (Lipinski definition) is 5. The fourth-order valence-electron chi connectivity index (χ4n) is 1.69. The van der Waals surface area contributed by atoms with Gasteiger partial charge in [-0.05, 0) is 26.2 Å². The van der Waals surface area contributed by atoms with Crippen molar-refractivity contribution >= 4 is 28.3 Å². The van der Waals surface area contributed by atoms with Crippen molar-refractivity contribution in [2.75, 3.05) is 12.3 Å². The van der Waals surface area contributed by atoms with Crippen molar-refractivity contribution < 1.29 is 9.59 Å². The van der Waals surface area contributed by atoms with Gasteiger partial charge in [0.2, 0.25) is 5.91 Å². The fraction of sp³-hybridized carbons (Fsp3) is 0.583. The highest BCUT2D eigenvalue weighted by atomic mass is 32.1. The minimum atomic E-state index is -0.172. The number of thiazole rings is 1. The Morgan fingerprint density at radius 1 is 1.47 bits per heavy atom. The van der Waals surface area contributed by atoms with Crippen LogP contribution in [0.25, 0.3) is 0 Å². The SMILES string of the molecule is Cc1nc(N)sc1C(=O)NCCCC(=O)NC1CC1. The van der Waals surface area contributed by atoms with E-state index < -0.39 is 0 Å². The highest BCUT2D eigenvalue weighted by Gasteiger charge is 2.22. The lowest BCUT2D eigenvalue weighted by atomic mass is 10.3. The molecule has 0 aliphatic heterocycles. The number of rotatable bonds is 6. The van der Waals surface area contributed by atoms with Crippen molar-refractivity contribution in [3.8, 4) is 0 Å². The summed E-state index contributed by atoms with van der Waals surface area (Å²) in [6.07, 6.45) is 3.27. The third-order valence-corrected chi connectivity index (χ3v) is 3.81. The third kappa shape index (κ3) is 4.20. The Bertz CT molecular complexity index is 482. The smallest absolute Gasteiger partial charge is 0.263 e. The molecule has 1 aliphatic rings. The summed E-state index contributed by atoms with van der Waals surface area (Å²) in [5.41, 5.74) is 6.18. The van der Waals surface area contributed by atoms with E-state index in [1.165, 1.54) is 11.3 Å². The molecule has 0 spiro atoms. The summed E-state index contributed by atoms with van der Waals surface area (Å²) in [6.45, 7) is 2.24. The number of aromatic nitrogens is 1. The summed E-state index contributed by atoms with van der Waals surface area (Å²) >= 11 is 1.18. The first-order valence-electron chi connectivity index (χ1n) is 6.36. The molecule has 1 aromatic heterocycles. The van der Waals surface area contributed by atoms with E-state index in [1.54, 1.807) is 6.92 Å². The van der Waals surface area contributed by atoms with Crippen molar-refractivity contribution in [1.82, 2.24) is 15.6 Å². The number of carbonyl (C=O) groups excluding carboxylic acids is 2. The predicted octanol–water partition coefficient (Wildman–Crippen LogP) is 0.822. The Morgan fingerprint density at radius 3 is 2.79 bits per heavy atom. The zero-order valence-electron chi connectivity index (χ0n) is 10.9. The molecule has 2 rings (SSSR count). The second kappa shape index (κ2) is 6.01. The lowest BCUT2D eigenvalue weighted by Crippen LogP contribution is -2.28.